The topological polar surface area (TPSA) is 90.2 Å². The van der Waals surface area contributed by atoms with Gasteiger partial charge in [-0.05, 0) is 49.6 Å². The third kappa shape index (κ3) is 6.63. The predicted octanol–water partition coefficient (Wildman–Crippen LogP) is 6.00. The molecule has 0 radical (unpaired) electrons. The number of anilines is 1. The second-order valence-corrected chi connectivity index (χ2v) is 9.61. The van der Waals surface area contributed by atoms with Gasteiger partial charge in [-0.2, -0.15) is 15.5 Å². The molecule has 0 aliphatic carbocycles. The molecule has 0 unspecified atom stereocenters. The Kier molecular flexibility index (Phi) is 8.30. The van der Waals surface area contributed by atoms with Crippen LogP contribution in [0.4, 0.5) is 22.7 Å². The van der Waals surface area contributed by atoms with Crippen LogP contribution in [0.25, 0.3) is 4.85 Å². The number of nitriles is 1. The van der Waals surface area contributed by atoms with Crippen molar-refractivity contribution in [3.8, 4) is 6.07 Å². The van der Waals surface area contributed by atoms with Crippen LogP contribution in [0.3, 0.4) is 0 Å². The molecule has 0 aliphatic rings. The number of hydrogen-bond acceptors (Lipinski definition) is 6. The maximum atomic E-state index is 12.0. The van der Waals surface area contributed by atoms with Gasteiger partial charge in [0.05, 0.1) is 23.6 Å². The molecule has 7 nitrogen and oxygen atoms in total. The zero-order valence-corrected chi connectivity index (χ0v) is 19.2. The molecule has 2 rings (SSSR count). The summed E-state index contributed by atoms with van der Waals surface area (Å²) in [5.41, 5.74) is 3.35. The average Bonchev–Trinajstić information content (AvgIpc) is 2.71. The van der Waals surface area contributed by atoms with E-state index in [1.54, 1.807) is 25.1 Å². The number of azo groups is 1. The van der Waals surface area contributed by atoms with E-state index in [4.69, 9.17) is 6.57 Å². The third-order valence-electron chi connectivity index (χ3n) is 4.57. The van der Waals surface area contributed by atoms with Crippen LogP contribution >= 0.6 is 0 Å². The lowest BCUT2D eigenvalue weighted by Crippen LogP contribution is -2.24. The third-order valence-corrected chi connectivity index (χ3v) is 5.40. The molecular weight excluding hydrogens is 410 g/mol. The quantitative estimate of drug-likeness (QED) is 0.355. The van der Waals surface area contributed by atoms with E-state index in [0.717, 1.165) is 37.2 Å². The number of nitrogens with zero attached hydrogens (tertiary/aromatic N) is 5. The van der Waals surface area contributed by atoms with Gasteiger partial charge in [0.1, 0.15) is 11.8 Å². The first kappa shape index (κ1) is 24.0. The Morgan fingerprint density at radius 1 is 1.13 bits per heavy atom. The van der Waals surface area contributed by atoms with E-state index < -0.39 is 9.84 Å². The van der Waals surface area contributed by atoms with E-state index in [9.17, 15) is 13.7 Å². The summed E-state index contributed by atoms with van der Waals surface area (Å²) in [5, 5.41) is 17.9. The van der Waals surface area contributed by atoms with Gasteiger partial charge in [-0.1, -0.05) is 25.5 Å². The van der Waals surface area contributed by atoms with Crippen molar-refractivity contribution in [2.75, 3.05) is 24.2 Å². The zero-order chi connectivity index (χ0) is 23.0. The molecule has 0 fully saturated rings. The van der Waals surface area contributed by atoms with Gasteiger partial charge in [0, 0.05) is 25.0 Å². The summed E-state index contributed by atoms with van der Waals surface area (Å²) in [4.78, 5) is 5.67. The van der Waals surface area contributed by atoms with Crippen LogP contribution in [-0.2, 0) is 15.6 Å². The Balaban J connectivity index is 2.56. The molecule has 2 aromatic rings. The van der Waals surface area contributed by atoms with Crippen molar-refractivity contribution in [1.29, 1.82) is 5.26 Å². The highest BCUT2D eigenvalue weighted by Gasteiger charge is 2.15. The molecule has 2 aromatic carbocycles. The molecule has 0 saturated heterocycles. The number of rotatable bonds is 9. The Morgan fingerprint density at radius 2 is 1.81 bits per heavy atom. The van der Waals surface area contributed by atoms with Crippen LogP contribution in [0.5, 0.6) is 0 Å². The van der Waals surface area contributed by atoms with Crippen molar-refractivity contribution in [3.05, 3.63) is 58.4 Å². The standard InChI is InChI=1S/C23H27N5O2S/c1-6-10-28(11-7-2)20-8-9-21(19(14-20)16-31(5,29)30)26-27-23-18(15-24)12-17(3)13-22(23)25-4/h8-9,12-14H,6-7,10-11,16H2,1-3,5H3. The SMILES string of the molecule is [C-]#[N+]c1cc(C)cc(C#N)c1N=Nc1ccc(N(CCC)CCC)cc1CS(C)(=O)=O. The van der Waals surface area contributed by atoms with Crippen LogP contribution in [0.1, 0.15) is 43.4 Å². The number of sulfone groups is 1. The highest BCUT2D eigenvalue weighted by Crippen LogP contribution is 2.35. The largest absolute Gasteiger partial charge is 0.372 e. The van der Waals surface area contributed by atoms with E-state index in [1.807, 2.05) is 12.1 Å². The van der Waals surface area contributed by atoms with Gasteiger partial charge in [-0.15, -0.1) is 0 Å². The molecule has 0 aromatic heterocycles. The van der Waals surface area contributed by atoms with E-state index in [0.29, 0.717) is 11.3 Å². The first-order valence-electron chi connectivity index (χ1n) is 10.1. The average molecular weight is 438 g/mol. The summed E-state index contributed by atoms with van der Waals surface area (Å²) in [6.07, 6.45) is 3.14. The molecule has 0 spiro atoms. The lowest BCUT2D eigenvalue weighted by atomic mass is 10.1. The predicted molar refractivity (Wildman–Crippen MR) is 124 cm³/mol. The summed E-state index contributed by atoms with van der Waals surface area (Å²) in [5.74, 6) is -0.171. The van der Waals surface area contributed by atoms with Gasteiger partial charge in [-0.25, -0.2) is 13.3 Å². The van der Waals surface area contributed by atoms with Crippen molar-refractivity contribution >= 4 is 32.6 Å². The smallest absolute Gasteiger partial charge is 0.215 e. The lowest BCUT2D eigenvalue weighted by Gasteiger charge is -2.24. The van der Waals surface area contributed by atoms with Gasteiger partial charge in [0.25, 0.3) is 0 Å². The summed E-state index contributed by atoms with van der Waals surface area (Å²) >= 11 is 0. The molecule has 0 bridgehead atoms. The van der Waals surface area contributed by atoms with E-state index in [2.05, 4.69) is 39.9 Å². The van der Waals surface area contributed by atoms with Gasteiger partial charge in [-0.3, -0.25) is 0 Å². The summed E-state index contributed by atoms with van der Waals surface area (Å²) in [6.45, 7) is 15.1. The Labute approximate surface area is 184 Å². The summed E-state index contributed by atoms with van der Waals surface area (Å²) in [6, 6.07) is 10.8. The normalized spacial score (nSPS) is 11.3. The van der Waals surface area contributed by atoms with Crippen molar-refractivity contribution in [1.82, 2.24) is 0 Å². The molecule has 0 N–H and O–H groups in total. The summed E-state index contributed by atoms with van der Waals surface area (Å²) < 4.78 is 24.1. The first-order valence-corrected chi connectivity index (χ1v) is 12.2. The molecule has 0 saturated carbocycles. The number of benzene rings is 2. The minimum absolute atomic E-state index is 0.171. The molecule has 0 amide bonds. The number of aryl methyl sites for hydroxylation is 1. The minimum Gasteiger partial charge on any atom is -0.372 e. The van der Waals surface area contributed by atoms with E-state index in [-0.39, 0.29) is 22.7 Å². The Bertz CT molecular complexity index is 1120. The fourth-order valence-electron chi connectivity index (χ4n) is 3.31. The lowest BCUT2D eigenvalue weighted by molar-refractivity contribution is 0.601. The highest BCUT2D eigenvalue weighted by molar-refractivity contribution is 7.89. The van der Waals surface area contributed by atoms with Crippen LogP contribution in [0.2, 0.25) is 0 Å². The summed E-state index contributed by atoms with van der Waals surface area (Å²) in [7, 11) is -3.30. The minimum atomic E-state index is -3.30. The van der Waals surface area contributed by atoms with Gasteiger partial charge < -0.3 is 4.90 Å². The molecule has 0 atom stereocenters. The van der Waals surface area contributed by atoms with E-state index >= 15 is 0 Å². The molecule has 0 aliphatic heterocycles. The van der Waals surface area contributed by atoms with E-state index in [1.165, 1.54) is 6.26 Å². The molecule has 0 heterocycles. The Hall–Kier alpha value is -3.23. The van der Waals surface area contributed by atoms with Crippen molar-refractivity contribution in [3.63, 3.8) is 0 Å². The fraction of sp³-hybridized carbons (Fsp3) is 0.391. The number of hydrogen-bond donors (Lipinski definition) is 0. The Morgan fingerprint density at radius 3 is 2.35 bits per heavy atom. The van der Waals surface area contributed by atoms with Crippen molar-refractivity contribution in [2.24, 2.45) is 10.2 Å². The monoisotopic (exact) mass is 437 g/mol. The van der Waals surface area contributed by atoms with Crippen molar-refractivity contribution in [2.45, 2.75) is 39.4 Å². The maximum absolute atomic E-state index is 12.0. The second-order valence-electron chi connectivity index (χ2n) is 7.47. The maximum Gasteiger partial charge on any atom is 0.215 e. The van der Waals surface area contributed by atoms with Crippen LogP contribution in [0.15, 0.2) is 40.6 Å². The highest BCUT2D eigenvalue weighted by atomic mass is 32.2. The molecule has 162 valence electrons. The zero-order valence-electron chi connectivity index (χ0n) is 18.4. The van der Waals surface area contributed by atoms with Crippen LogP contribution in [-0.4, -0.2) is 27.8 Å². The van der Waals surface area contributed by atoms with Gasteiger partial charge >= 0.3 is 0 Å². The van der Waals surface area contributed by atoms with Gasteiger partial charge in [0.15, 0.2) is 9.84 Å². The van der Waals surface area contributed by atoms with Gasteiger partial charge in [0.2, 0.25) is 5.69 Å². The molecule has 31 heavy (non-hydrogen) atoms. The molecular formula is C23H27N5O2S. The van der Waals surface area contributed by atoms with Crippen LogP contribution in [0, 0.1) is 24.8 Å². The molecule has 8 heteroatoms. The second kappa shape index (κ2) is 10.7. The first-order chi connectivity index (χ1) is 14.7. The van der Waals surface area contributed by atoms with Crippen molar-refractivity contribution < 1.29 is 8.42 Å². The van der Waals surface area contributed by atoms with Crippen LogP contribution < -0.4 is 4.90 Å². The fourth-order valence-corrected chi connectivity index (χ4v) is 4.11.